The quantitative estimate of drug-likeness (QED) is 0.782. The first-order chi connectivity index (χ1) is 11.9. The van der Waals surface area contributed by atoms with Gasteiger partial charge in [-0.15, -0.1) is 35.5 Å². The van der Waals surface area contributed by atoms with Crippen molar-refractivity contribution >= 4 is 51.6 Å². The van der Waals surface area contributed by atoms with Gasteiger partial charge in [-0.3, -0.25) is 9.59 Å². The zero-order valence-electron chi connectivity index (χ0n) is 15.4. The molecular formula is C17H25ClN4O2S2. The second-order valence-corrected chi connectivity index (χ2v) is 9.06. The molecule has 0 bridgehead atoms. The number of fused-ring (bicyclic) bond motifs is 1. The van der Waals surface area contributed by atoms with E-state index in [1.165, 1.54) is 11.8 Å². The van der Waals surface area contributed by atoms with Gasteiger partial charge in [-0.2, -0.15) is 0 Å². The summed E-state index contributed by atoms with van der Waals surface area (Å²) in [6, 6.07) is 0.280. The smallest absolute Gasteiger partial charge is 0.259 e. The molecule has 1 amide bonds. The van der Waals surface area contributed by atoms with E-state index >= 15 is 0 Å². The zero-order chi connectivity index (χ0) is 18.1. The molecule has 1 saturated heterocycles. The van der Waals surface area contributed by atoms with Crippen LogP contribution in [0.15, 0.2) is 4.79 Å². The van der Waals surface area contributed by atoms with Crippen LogP contribution >= 0.6 is 35.5 Å². The molecule has 2 aromatic rings. The third-order valence-corrected chi connectivity index (χ3v) is 7.08. The van der Waals surface area contributed by atoms with Gasteiger partial charge in [0.15, 0.2) is 0 Å². The molecule has 0 saturated carbocycles. The molecule has 9 heteroatoms. The number of nitrogens with one attached hydrogen (secondary N) is 2. The predicted octanol–water partition coefficient (Wildman–Crippen LogP) is 2.47. The van der Waals surface area contributed by atoms with Gasteiger partial charge < -0.3 is 15.2 Å². The Morgan fingerprint density at radius 2 is 2.19 bits per heavy atom. The summed E-state index contributed by atoms with van der Waals surface area (Å²) >= 11 is 3.06. The minimum atomic E-state index is -0.168. The fourth-order valence-corrected chi connectivity index (χ4v) is 4.98. The van der Waals surface area contributed by atoms with E-state index in [0.717, 1.165) is 34.8 Å². The molecule has 2 aromatic heterocycles. The lowest BCUT2D eigenvalue weighted by Crippen LogP contribution is -2.42. The molecule has 1 aliphatic rings. The molecule has 2 atom stereocenters. The van der Waals surface area contributed by atoms with Crippen LogP contribution in [0, 0.1) is 13.8 Å². The average Bonchev–Trinajstić information content (AvgIpc) is 3.20. The Balaban J connectivity index is 0.00000243. The van der Waals surface area contributed by atoms with Gasteiger partial charge in [-0.25, -0.2) is 4.98 Å². The maximum absolute atomic E-state index is 12.6. The van der Waals surface area contributed by atoms with Crippen LogP contribution in [0.25, 0.3) is 10.2 Å². The standard InChI is InChI=1S/C17H24N4O2S2.ClH/c1-9-10(2)25-16-14(9)15(22)19-13(20-16)8-24-11(3)17(23)21(4)12-5-6-18-7-12;/h11-12,18H,5-8H2,1-4H3,(H,19,20,22);1H. The number of likely N-dealkylation sites (N-methyl/N-ethyl adjacent to an activating group) is 1. The lowest BCUT2D eigenvalue weighted by atomic mass is 10.2. The molecule has 2 unspecified atom stereocenters. The van der Waals surface area contributed by atoms with Crippen molar-refractivity contribution in [1.29, 1.82) is 0 Å². The molecule has 1 fully saturated rings. The highest BCUT2D eigenvalue weighted by Gasteiger charge is 2.26. The number of rotatable bonds is 5. The van der Waals surface area contributed by atoms with Gasteiger partial charge >= 0.3 is 0 Å². The van der Waals surface area contributed by atoms with Crippen molar-refractivity contribution in [2.24, 2.45) is 0 Å². The van der Waals surface area contributed by atoms with Crippen molar-refractivity contribution in [3.8, 4) is 0 Å². The third-order valence-electron chi connectivity index (χ3n) is 4.84. The van der Waals surface area contributed by atoms with Crippen LogP contribution in [-0.4, -0.2) is 52.2 Å². The number of nitrogens with zero attached hydrogens (tertiary/aromatic N) is 2. The van der Waals surface area contributed by atoms with Crippen LogP contribution in [-0.2, 0) is 10.5 Å². The van der Waals surface area contributed by atoms with Crippen molar-refractivity contribution in [1.82, 2.24) is 20.2 Å². The molecule has 144 valence electrons. The number of hydrogen-bond donors (Lipinski definition) is 2. The van der Waals surface area contributed by atoms with E-state index < -0.39 is 0 Å². The van der Waals surface area contributed by atoms with Crippen LogP contribution in [0.4, 0.5) is 0 Å². The van der Waals surface area contributed by atoms with Gasteiger partial charge in [0, 0.05) is 24.5 Å². The summed E-state index contributed by atoms with van der Waals surface area (Å²) in [7, 11) is 1.88. The Morgan fingerprint density at radius 3 is 2.85 bits per heavy atom. The van der Waals surface area contributed by atoms with Crippen LogP contribution in [0.1, 0.15) is 29.6 Å². The lowest BCUT2D eigenvalue weighted by Gasteiger charge is -2.26. The van der Waals surface area contributed by atoms with Gasteiger partial charge in [0.2, 0.25) is 5.91 Å². The summed E-state index contributed by atoms with van der Waals surface area (Å²) < 4.78 is 0. The number of hydrogen-bond acceptors (Lipinski definition) is 6. The molecule has 1 aliphatic heterocycles. The molecule has 3 heterocycles. The highest BCUT2D eigenvalue weighted by atomic mass is 35.5. The number of thioether (sulfide) groups is 1. The molecule has 0 aromatic carbocycles. The van der Waals surface area contributed by atoms with Crippen molar-refractivity contribution < 1.29 is 4.79 Å². The maximum Gasteiger partial charge on any atom is 0.259 e. The van der Waals surface area contributed by atoms with E-state index in [1.807, 2.05) is 32.7 Å². The zero-order valence-corrected chi connectivity index (χ0v) is 17.9. The molecule has 2 N–H and O–H groups in total. The van der Waals surface area contributed by atoms with E-state index in [0.29, 0.717) is 17.0 Å². The molecule has 3 rings (SSSR count). The summed E-state index contributed by atoms with van der Waals surface area (Å²) in [4.78, 5) is 36.1. The minimum Gasteiger partial charge on any atom is -0.340 e. The van der Waals surface area contributed by atoms with Crippen LogP contribution in [0.2, 0.25) is 0 Å². The predicted molar refractivity (Wildman–Crippen MR) is 112 cm³/mol. The van der Waals surface area contributed by atoms with E-state index in [4.69, 9.17) is 0 Å². The number of thiophene rings is 1. The number of aromatic amines is 1. The van der Waals surface area contributed by atoms with Gasteiger partial charge in [0.1, 0.15) is 10.7 Å². The Morgan fingerprint density at radius 1 is 1.46 bits per heavy atom. The maximum atomic E-state index is 12.6. The van der Waals surface area contributed by atoms with Crippen molar-refractivity contribution in [3.05, 3.63) is 26.6 Å². The minimum absolute atomic E-state index is 0. The van der Waals surface area contributed by atoms with Crippen LogP contribution in [0.3, 0.4) is 0 Å². The Kier molecular flexibility index (Phi) is 7.12. The molecule has 0 radical (unpaired) electrons. The number of carbonyl (C=O) groups excluding carboxylic acids is 1. The largest absolute Gasteiger partial charge is 0.340 e. The van der Waals surface area contributed by atoms with Gasteiger partial charge in [0.25, 0.3) is 5.56 Å². The van der Waals surface area contributed by atoms with E-state index in [9.17, 15) is 9.59 Å². The first-order valence-corrected chi connectivity index (χ1v) is 10.3. The second-order valence-electron chi connectivity index (χ2n) is 6.53. The molecule has 0 spiro atoms. The van der Waals surface area contributed by atoms with Gasteiger partial charge in [-0.05, 0) is 39.3 Å². The van der Waals surface area contributed by atoms with E-state index in [1.54, 1.807) is 11.3 Å². The monoisotopic (exact) mass is 416 g/mol. The van der Waals surface area contributed by atoms with E-state index in [-0.39, 0.29) is 35.2 Å². The second kappa shape index (κ2) is 8.73. The fraction of sp³-hybridized carbons (Fsp3) is 0.588. The van der Waals surface area contributed by atoms with E-state index in [2.05, 4.69) is 15.3 Å². The number of amides is 1. The fourth-order valence-electron chi connectivity index (χ4n) is 3.08. The number of aromatic nitrogens is 2. The summed E-state index contributed by atoms with van der Waals surface area (Å²) in [6.45, 7) is 7.71. The van der Waals surface area contributed by atoms with Crippen molar-refractivity contribution in [3.63, 3.8) is 0 Å². The van der Waals surface area contributed by atoms with Gasteiger partial charge in [0.05, 0.1) is 16.4 Å². The van der Waals surface area contributed by atoms with Crippen LogP contribution in [0.5, 0.6) is 0 Å². The molecular weight excluding hydrogens is 392 g/mol. The Hall–Kier alpha value is -1.09. The lowest BCUT2D eigenvalue weighted by molar-refractivity contribution is -0.130. The van der Waals surface area contributed by atoms with Gasteiger partial charge in [-0.1, -0.05) is 0 Å². The van der Waals surface area contributed by atoms with Crippen molar-refractivity contribution in [2.45, 2.75) is 44.2 Å². The topological polar surface area (TPSA) is 78.1 Å². The first kappa shape index (κ1) is 21.2. The van der Waals surface area contributed by atoms with Crippen molar-refractivity contribution in [2.75, 3.05) is 20.1 Å². The molecule has 0 aliphatic carbocycles. The third kappa shape index (κ3) is 4.24. The van der Waals surface area contributed by atoms with Crippen LogP contribution < -0.4 is 10.9 Å². The normalized spacial score (nSPS) is 17.9. The SMILES string of the molecule is Cc1sc2nc(CSC(C)C(=O)N(C)C3CCNC3)[nH]c(=O)c2c1C.Cl. The average molecular weight is 417 g/mol. The number of carbonyl (C=O) groups is 1. The Bertz CT molecular complexity index is 845. The summed E-state index contributed by atoms with van der Waals surface area (Å²) in [5.41, 5.74) is 0.916. The molecule has 26 heavy (non-hydrogen) atoms. The highest BCUT2D eigenvalue weighted by Crippen LogP contribution is 2.26. The number of halogens is 1. The number of aryl methyl sites for hydroxylation is 2. The summed E-state index contributed by atoms with van der Waals surface area (Å²) in [6.07, 6.45) is 1.00. The highest BCUT2D eigenvalue weighted by molar-refractivity contribution is 7.99. The summed E-state index contributed by atoms with van der Waals surface area (Å²) in [5.74, 6) is 1.28. The summed E-state index contributed by atoms with van der Waals surface area (Å²) in [5, 5.41) is 3.81. The first-order valence-electron chi connectivity index (χ1n) is 8.46. The number of H-pyrrole nitrogens is 1. The molecule has 6 nitrogen and oxygen atoms in total. The Labute approximate surface area is 167 Å².